The Morgan fingerprint density at radius 3 is 1.21 bits per heavy atom. The zero-order valence-electron chi connectivity index (χ0n) is 9.83. The van der Waals surface area contributed by atoms with Gasteiger partial charge in [-0.25, -0.2) is 0 Å². The first kappa shape index (κ1) is 11.7. The van der Waals surface area contributed by atoms with Crippen LogP contribution in [0.1, 0.15) is 0 Å². The minimum Gasteiger partial charge on any atom is -0.159 e. The molecular weight excluding hydrogens is 259 g/mol. The normalized spacial score (nSPS) is 10.6. The molecule has 0 aromatic carbocycles. The van der Waals surface area contributed by atoms with Gasteiger partial charge in [0, 0.05) is 18.6 Å². The van der Waals surface area contributed by atoms with E-state index < -0.39 is 7.92 Å². The van der Waals surface area contributed by atoms with Gasteiger partial charge in [-0.2, -0.15) is 15.3 Å². The van der Waals surface area contributed by atoms with E-state index in [4.69, 9.17) is 0 Å². The van der Waals surface area contributed by atoms with Crippen molar-refractivity contribution in [3.63, 3.8) is 0 Å². The quantitative estimate of drug-likeness (QED) is 0.613. The summed E-state index contributed by atoms with van der Waals surface area (Å²) in [7, 11) is -0.967. The Morgan fingerprint density at radius 1 is 0.579 bits per heavy atom. The van der Waals surface area contributed by atoms with Gasteiger partial charge in [0.05, 0.1) is 24.2 Å². The standard InChI is InChI=1S/C12H9N6P/c1-4-10(16-13-7-1)19(11-5-2-8-14-17-11)12-6-3-9-15-18-12/h1-9H. The number of nitrogens with zero attached hydrogens (tertiary/aromatic N) is 6. The summed E-state index contributed by atoms with van der Waals surface area (Å²) < 4.78 is 0. The number of rotatable bonds is 3. The molecule has 0 aliphatic rings. The Bertz CT molecular complexity index is 540. The molecule has 0 aliphatic carbocycles. The maximum atomic E-state index is 4.18. The summed E-state index contributed by atoms with van der Waals surface area (Å²) in [4.78, 5) is 0. The van der Waals surface area contributed by atoms with Crippen molar-refractivity contribution in [3.8, 4) is 0 Å². The zero-order chi connectivity index (χ0) is 12.9. The van der Waals surface area contributed by atoms with Gasteiger partial charge in [-0.05, 0) is 36.4 Å². The van der Waals surface area contributed by atoms with Gasteiger partial charge in [-0.1, -0.05) is 0 Å². The lowest BCUT2D eigenvalue weighted by molar-refractivity contribution is 1.04. The maximum absolute atomic E-state index is 4.18. The number of hydrogen-bond acceptors (Lipinski definition) is 6. The van der Waals surface area contributed by atoms with E-state index in [9.17, 15) is 0 Å². The van der Waals surface area contributed by atoms with Crippen molar-refractivity contribution in [1.82, 2.24) is 30.6 Å². The first-order valence-electron chi connectivity index (χ1n) is 5.58. The smallest absolute Gasteiger partial charge is 0.0980 e. The molecule has 0 radical (unpaired) electrons. The van der Waals surface area contributed by atoms with Crippen LogP contribution >= 0.6 is 7.92 Å². The van der Waals surface area contributed by atoms with Crippen LogP contribution in [0.3, 0.4) is 0 Å². The Labute approximate surface area is 110 Å². The predicted molar refractivity (Wildman–Crippen MR) is 71.9 cm³/mol. The van der Waals surface area contributed by atoms with Crippen LogP contribution < -0.4 is 16.3 Å². The number of hydrogen-bond donors (Lipinski definition) is 0. The summed E-state index contributed by atoms with van der Waals surface area (Å²) >= 11 is 0. The minimum absolute atomic E-state index is 0.832. The van der Waals surface area contributed by atoms with E-state index in [-0.39, 0.29) is 0 Å². The van der Waals surface area contributed by atoms with Gasteiger partial charge >= 0.3 is 0 Å². The lowest BCUT2D eigenvalue weighted by Gasteiger charge is -2.13. The molecule has 7 heteroatoms. The molecule has 19 heavy (non-hydrogen) atoms. The molecule has 3 rings (SSSR count). The van der Waals surface area contributed by atoms with Crippen LogP contribution in [0.25, 0.3) is 0 Å². The molecular formula is C12H9N6P. The van der Waals surface area contributed by atoms with Gasteiger partial charge in [0.2, 0.25) is 0 Å². The Balaban J connectivity index is 2.12. The van der Waals surface area contributed by atoms with Crippen LogP contribution in [-0.2, 0) is 0 Å². The van der Waals surface area contributed by atoms with Gasteiger partial charge in [0.25, 0.3) is 0 Å². The Hall–Kier alpha value is -2.33. The molecule has 0 N–H and O–H groups in total. The van der Waals surface area contributed by atoms with Crippen molar-refractivity contribution in [2.45, 2.75) is 0 Å². The fourth-order valence-electron chi connectivity index (χ4n) is 1.59. The summed E-state index contributed by atoms with van der Waals surface area (Å²) in [6, 6.07) is 11.3. The molecule has 0 spiro atoms. The zero-order valence-corrected chi connectivity index (χ0v) is 10.7. The highest BCUT2D eigenvalue weighted by molar-refractivity contribution is 7.79. The van der Waals surface area contributed by atoms with Crippen molar-refractivity contribution < 1.29 is 0 Å². The third-order valence-corrected chi connectivity index (χ3v) is 4.45. The summed E-state index contributed by atoms with van der Waals surface area (Å²) in [5.41, 5.74) is 2.50. The van der Waals surface area contributed by atoms with Gasteiger partial charge in [-0.3, -0.25) is 0 Å². The highest BCUT2D eigenvalue weighted by Crippen LogP contribution is 2.28. The first-order valence-corrected chi connectivity index (χ1v) is 6.92. The van der Waals surface area contributed by atoms with E-state index in [1.54, 1.807) is 18.6 Å². The molecule has 0 bridgehead atoms. The van der Waals surface area contributed by atoms with Gasteiger partial charge in [0.1, 0.15) is 0 Å². The Morgan fingerprint density at radius 2 is 0.947 bits per heavy atom. The monoisotopic (exact) mass is 268 g/mol. The molecule has 6 nitrogen and oxygen atoms in total. The van der Waals surface area contributed by atoms with Gasteiger partial charge < -0.3 is 0 Å². The summed E-state index contributed by atoms with van der Waals surface area (Å²) in [5, 5.41) is 24.3. The van der Waals surface area contributed by atoms with E-state index in [0.29, 0.717) is 0 Å². The average molecular weight is 268 g/mol. The second-order valence-electron chi connectivity index (χ2n) is 3.58. The van der Waals surface area contributed by atoms with Crippen LogP contribution in [0.5, 0.6) is 0 Å². The minimum atomic E-state index is -0.967. The molecule has 92 valence electrons. The topological polar surface area (TPSA) is 77.3 Å². The summed E-state index contributed by atoms with van der Waals surface area (Å²) in [5.74, 6) is 0. The maximum Gasteiger partial charge on any atom is 0.0980 e. The fourth-order valence-corrected chi connectivity index (χ4v) is 3.42. The lowest BCUT2D eigenvalue weighted by atomic mass is 10.6. The van der Waals surface area contributed by atoms with Crippen LogP contribution in [0.2, 0.25) is 0 Å². The number of aromatic nitrogens is 6. The van der Waals surface area contributed by atoms with Crippen LogP contribution in [-0.4, -0.2) is 30.6 Å². The average Bonchev–Trinajstić information content (AvgIpc) is 2.51. The lowest BCUT2D eigenvalue weighted by Crippen LogP contribution is -2.27. The van der Waals surface area contributed by atoms with Crippen LogP contribution in [0.15, 0.2) is 55.0 Å². The van der Waals surface area contributed by atoms with Crippen LogP contribution in [0, 0.1) is 0 Å². The summed E-state index contributed by atoms with van der Waals surface area (Å²) in [6.07, 6.45) is 4.93. The van der Waals surface area contributed by atoms with Crippen molar-refractivity contribution in [2.24, 2.45) is 0 Å². The first-order chi connectivity index (χ1) is 9.45. The third kappa shape index (κ3) is 2.58. The SMILES string of the molecule is c1cnnc(P(c2cccnn2)c2cccnn2)c1. The van der Waals surface area contributed by atoms with Crippen LogP contribution in [0.4, 0.5) is 0 Å². The molecule has 0 fully saturated rings. The molecule has 3 aromatic heterocycles. The van der Waals surface area contributed by atoms with E-state index in [2.05, 4.69) is 30.6 Å². The van der Waals surface area contributed by atoms with E-state index >= 15 is 0 Å². The molecule has 0 saturated carbocycles. The van der Waals surface area contributed by atoms with Crippen molar-refractivity contribution in [1.29, 1.82) is 0 Å². The molecule has 0 aliphatic heterocycles. The largest absolute Gasteiger partial charge is 0.159 e. The van der Waals surface area contributed by atoms with Crippen molar-refractivity contribution in [3.05, 3.63) is 55.0 Å². The van der Waals surface area contributed by atoms with E-state index in [1.165, 1.54) is 0 Å². The van der Waals surface area contributed by atoms with E-state index in [1.807, 2.05) is 36.4 Å². The Kier molecular flexibility index (Phi) is 3.42. The fraction of sp³-hybridized carbons (Fsp3) is 0. The summed E-state index contributed by atoms with van der Waals surface area (Å²) in [6.45, 7) is 0. The molecule has 0 amide bonds. The van der Waals surface area contributed by atoms with Gasteiger partial charge in [-0.15, -0.1) is 15.3 Å². The molecule has 0 unspecified atom stereocenters. The van der Waals surface area contributed by atoms with Crippen molar-refractivity contribution >= 4 is 24.2 Å². The predicted octanol–water partition coefficient (Wildman–Crippen LogP) is -0.185. The second-order valence-corrected chi connectivity index (χ2v) is 5.63. The highest BCUT2D eigenvalue weighted by atomic mass is 31.1. The molecule has 0 saturated heterocycles. The molecule has 3 heterocycles. The third-order valence-electron chi connectivity index (χ3n) is 2.36. The van der Waals surface area contributed by atoms with Crippen molar-refractivity contribution in [2.75, 3.05) is 0 Å². The molecule has 3 aromatic rings. The second kappa shape index (κ2) is 5.54. The van der Waals surface area contributed by atoms with E-state index in [0.717, 1.165) is 16.3 Å². The van der Waals surface area contributed by atoms with Gasteiger partial charge in [0.15, 0.2) is 0 Å². The highest BCUT2D eigenvalue weighted by Gasteiger charge is 2.21. The molecule has 0 atom stereocenters.